The maximum atomic E-state index is 13.9. The number of anilines is 1. The molecule has 1 unspecified atom stereocenters. The van der Waals surface area contributed by atoms with Crippen LogP contribution in [0, 0.1) is 10.1 Å². The molecule has 1 aliphatic rings. The Morgan fingerprint density at radius 3 is 2.26 bits per heavy atom. The van der Waals surface area contributed by atoms with Gasteiger partial charge in [0.25, 0.3) is 0 Å². The van der Waals surface area contributed by atoms with Gasteiger partial charge in [0.05, 0.1) is 0 Å². The van der Waals surface area contributed by atoms with Crippen LogP contribution in [0.25, 0.3) is 11.2 Å². The van der Waals surface area contributed by atoms with Crippen molar-refractivity contribution in [2.45, 2.75) is 43.2 Å². The number of fused-ring (bicyclic) bond motifs is 1. The Balaban J connectivity index is 1.30. The van der Waals surface area contributed by atoms with E-state index in [0.29, 0.717) is 28.8 Å². The van der Waals surface area contributed by atoms with Crippen LogP contribution >= 0.6 is 0 Å². The van der Waals surface area contributed by atoms with Gasteiger partial charge in [-0.25, -0.2) is 0 Å². The molecule has 3 aromatic carbocycles. The van der Waals surface area contributed by atoms with Crippen molar-refractivity contribution in [3.05, 3.63) is 124 Å². The molecule has 13 nitrogen and oxygen atoms in total. The molecule has 1 N–H and O–H groups in total. The molecule has 2 amide bonds. The molecule has 0 aliphatic carbocycles. The van der Waals surface area contributed by atoms with Gasteiger partial charge in [-0.2, -0.15) is 0 Å². The van der Waals surface area contributed by atoms with Gasteiger partial charge in [0.1, 0.15) is 0 Å². The summed E-state index contributed by atoms with van der Waals surface area (Å²) in [5.41, 5.74) is 1.81. The van der Waals surface area contributed by atoms with Gasteiger partial charge in [-0.3, -0.25) is 0 Å². The number of carbonyl (C=O) groups excluding carboxylic acids is 2. The van der Waals surface area contributed by atoms with E-state index in [4.69, 9.17) is 9.47 Å². The Labute approximate surface area is 275 Å². The average molecular weight is 702 g/mol. The first-order valence-corrected chi connectivity index (χ1v) is 17.0. The van der Waals surface area contributed by atoms with Gasteiger partial charge in [0.2, 0.25) is 0 Å². The van der Waals surface area contributed by atoms with E-state index in [1.165, 1.54) is 18.7 Å². The predicted octanol–water partition coefficient (Wildman–Crippen LogP) is 4.56. The summed E-state index contributed by atoms with van der Waals surface area (Å²) in [6.07, 6.45) is 1.37. The van der Waals surface area contributed by atoms with E-state index >= 15 is 0 Å². The molecule has 240 valence electrons. The molecule has 0 radical (unpaired) electrons. The molecule has 2 aromatic heterocycles. The standard InChI is InChI=1S/C33H30N6O7Se/c1-2-25-27(40)28(47-20-45-17-23-15-9-10-16-24(23)39(43)44)33(46-25)37-19-36-26-29(37)34-18-35-30(26)38(31(41)21-11-5-3-6-12-21)32(42)22-13-7-4-8-14-22/h3-16,18-19,25,27-28,33,40H,2,17,20H2,1H3/t25-,27+,28?,33-/m1/s1. The van der Waals surface area contributed by atoms with Crippen molar-refractivity contribution in [1.29, 1.82) is 0 Å². The Kier molecular flexibility index (Phi) is 9.76. The SMILES string of the molecule is CC[C@H]1O[C@@H](n2cnc3c(N(C(=O)c4ccccc4)C(=O)c4ccccc4)ncnc32)C([Se]COCc2ccccc2[N+](=O)[O-])[C@H]1O. The molecule has 0 saturated carbocycles. The van der Waals surface area contributed by atoms with Crippen molar-refractivity contribution in [3.8, 4) is 0 Å². The Morgan fingerprint density at radius 1 is 0.979 bits per heavy atom. The van der Waals surface area contributed by atoms with Crippen molar-refractivity contribution < 1.29 is 29.1 Å². The average Bonchev–Trinajstić information content (AvgIpc) is 3.68. The topological polar surface area (TPSA) is 163 Å². The van der Waals surface area contributed by atoms with E-state index in [0.717, 1.165) is 4.90 Å². The number of carbonyl (C=O) groups is 2. The van der Waals surface area contributed by atoms with E-state index in [1.54, 1.807) is 83.4 Å². The second kappa shape index (κ2) is 14.3. The Hall–Kier alpha value is -4.85. The number of aliphatic hydroxyl groups is 1. The molecular formula is C33H30N6O7Se. The van der Waals surface area contributed by atoms with Gasteiger partial charge in [0, 0.05) is 0 Å². The second-order valence-electron chi connectivity index (χ2n) is 10.6. The van der Waals surface area contributed by atoms with Crippen LogP contribution in [0.4, 0.5) is 11.5 Å². The summed E-state index contributed by atoms with van der Waals surface area (Å²) in [5.74, 6) is -1.15. The quantitative estimate of drug-likeness (QED) is 0.0680. The Morgan fingerprint density at radius 2 is 1.62 bits per heavy atom. The number of imidazole rings is 1. The van der Waals surface area contributed by atoms with Crippen LogP contribution in [0.15, 0.2) is 97.6 Å². The first kappa shape index (κ1) is 32.1. The van der Waals surface area contributed by atoms with Crippen LogP contribution < -0.4 is 4.90 Å². The van der Waals surface area contributed by atoms with Crippen LogP contribution in [0.2, 0.25) is 4.82 Å². The third-order valence-electron chi connectivity index (χ3n) is 7.78. The number of amides is 2. The summed E-state index contributed by atoms with van der Waals surface area (Å²) >= 11 is -0.331. The second-order valence-corrected chi connectivity index (χ2v) is 13.0. The number of benzene rings is 3. The normalized spacial score (nSPS) is 19.1. The van der Waals surface area contributed by atoms with Gasteiger partial charge in [-0.1, -0.05) is 0 Å². The molecule has 14 heteroatoms. The molecule has 4 atom stereocenters. The molecule has 47 heavy (non-hydrogen) atoms. The number of hydrogen-bond donors (Lipinski definition) is 1. The third-order valence-corrected chi connectivity index (χ3v) is 10.3. The summed E-state index contributed by atoms with van der Waals surface area (Å²) < 4.78 is 13.9. The van der Waals surface area contributed by atoms with Crippen LogP contribution in [0.3, 0.4) is 0 Å². The molecule has 3 heterocycles. The number of hydrogen-bond acceptors (Lipinski definition) is 10. The molecular weight excluding hydrogens is 671 g/mol. The summed E-state index contributed by atoms with van der Waals surface area (Å²) in [7, 11) is 0. The fraction of sp³-hybridized carbons (Fsp3) is 0.242. The fourth-order valence-corrected chi connectivity index (χ4v) is 7.69. The van der Waals surface area contributed by atoms with E-state index in [-0.39, 0.29) is 48.9 Å². The molecule has 1 saturated heterocycles. The van der Waals surface area contributed by atoms with Crippen LogP contribution in [0.1, 0.15) is 45.9 Å². The zero-order valence-electron chi connectivity index (χ0n) is 25.2. The van der Waals surface area contributed by atoms with Crippen LogP contribution in [-0.4, -0.2) is 74.0 Å². The number of nitro groups is 1. The summed E-state index contributed by atoms with van der Waals surface area (Å²) in [6, 6.07) is 23.3. The number of para-hydroxylation sites is 1. The first-order valence-electron chi connectivity index (χ1n) is 14.8. The molecule has 0 bridgehead atoms. The van der Waals surface area contributed by atoms with Crippen molar-refractivity contribution in [2.24, 2.45) is 0 Å². The maximum absolute atomic E-state index is 13.9. The van der Waals surface area contributed by atoms with E-state index in [2.05, 4.69) is 15.0 Å². The number of rotatable bonds is 11. The minimum atomic E-state index is -0.811. The molecule has 5 aromatic rings. The van der Waals surface area contributed by atoms with E-state index < -0.39 is 35.2 Å². The minimum absolute atomic E-state index is 0.0110. The van der Waals surface area contributed by atoms with Gasteiger partial charge in [-0.15, -0.1) is 0 Å². The number of imide groups is 1. The molecule has 0 spiro atoms. The van der Waals surface area contributed by atoms with Crippen LogP contribution in [-0.2, 0) is 16.1 Å². The molecule has 1 aliphatic heterocycles. The van der Waals surface area contributed by atoms with Crippen LogP contribution in [0.5, 0.6) is 0 Å². The summed E-state index contributed by atoms with van der Waals surface area (Å²) in [5, 5.41) is 22.6. The van der Waals surface area contributed by atoms with Gasteiger partial charge < -0.3 is 0 Å². The van der Waals surface area contributed by atoms with Crippen molar-refractivity contribution in [2.75, 3.05) is 10.4 Å². The van der Waals surface area contributed by atoms with Crippen molar-refractivity contribution in [1.82, 2.24) is 19.5 Å². The Bertz CT molecular complexity index is 1840. The summed E-state index contributed by atoms with van der Waals surface area (Å²) in [4.78, 5) is 52.6. The summed E-state index contributed by atoms with van der Waals surface area (Å²) in [6.45, 7) is 1.97. The molecule has 1 fully saturated rings. The number of nitrogens with zero attached hydrogens (tertiary/aromatic N) is 6. The van der Waals surface area contributed by atoms with Crippen molar-refractivity contribution in [3.63, 3.8) is 0 Å². The number of aliphatic hydroxyl groups excluding tert-OH is 1. The van der Waals surface area contributed by atoms with Gasteiger partial charge in [-0.05, 0) is 0 Å². The fourth-order valence-electron chi connectivity index (χ4n) is 5.44. The number of aromatic nitrogens is 4. The van der Waals surface area contributed by atoms with Gasteiger partial charge in [0.15, 0.2) is 0 Å². The zero-order chi connectivity index (χ0) is 32.9. The third kappa shape index (κ3) is 6.55. The zero-order valence-corrected chi connectivity index (χ0v) is 26.9. The number of ether oxygens (including phenoxy) is 2. The van der Waals surface area contributed by atoms with Gasteiger partial charge >= 0.3 is 276 Å². The predicted molar refractivity (Wildman–Crippen MR) is 172 cm³/mol. The van der Waals surface area contributed by atoms with Crippen molar-refractivity contribution >= 4 is 49.4 Å². The monoisotopic (exact) mass is 702 g/mol. The molecule has 6 rings (SSSR count). The first-order chi connectivity index (χ1) is 22.9. The van der Waals surface area contributed by atoms with E-state index in [1.807, 2.05) is 6.92 Å². The number of nitro benzene ring substituents is 1. The van der Waals surface area contributed by atoms with E-state index in [9.17, 15) is 24.8 Å².